The van der Waals surface area contributed by atoms with Crippen LogP contribution in [-0.2, 0) is 0 Å². The van der Waals surface area contributed by atoms with Gasteiger partial charge in [-0.1, -0.05) is 25.7 Å². The third-order valence-electron chi connectivity index (χ3n) is 3.28. The number of aromatic nitrogens is 1. The van der Waals surface area contributed by atoms with Crippen LogP contribution >= 0.6 is 11.5 Å². The van der Waals surface area contributed by atoms with E-state index >= 15 is 0 Å². The zero-order valence-corrected chi connectivity index (χ0v) is 10.6. The predicted molar refractivity (Wildman–Crippen MR) is 70.1 cm³/mol. The number of carbonyl (C=O) groups is 1. The fourth-order valence-corrected chi connectivity index (χ4v) is 3.09. The van der Waals surface area contributed by atoms with Crippen LogP contribution in [0.4, 0.5) is 10.8 Å². The summed E-state index contributed by atoms with van der Waals surface area (Å²) in [6.45, 7) is 0.854. The van der Waals surface area contributed by atoms with Gasteiger partial charge in [-0.05, 0) is 23.9 Å². The predicted octanol–water partition coefficient (Wildman–Crippen LogP) is 1.82. The van der Waals surface area contributed by atoms with E-state index in [1.807, 2.05) is 0 Å². The zero-order chi connectivity index (χ0) is 12.3. The molecule has 94 valence electrons. The molecule has 2 rings (SSSR count). The number of anilines is 2. The van der Waals surface area contributed by atoms with Crippen LogP contribution in [0.2, 0.25) is 0 Å². The summed E-state index contributed by atoms with van der Waals surface area (Å²) in [6, 6.07) is 0. The summed E-state index contributed by atoms with van der Waals surface area (Å²) in [4.78, 5) is 11.2. The Hall–Kier alpha value is -1.30. The molecule has 0 aliphatic heterocycles. The third kappa shape index (κ3) is 2.88. The molecule has 0 aromatic carbocycles. The molecule has 1 aliphatic rings. The van der Waals surface area contributed by atoms with Gasteiger partial charge in [0.15, 0.2) is 5.82 Å². The molecular formula is C11H18N4OS. The SMILES string of the molecule is NC(=O)c1c(N)nsc1NCCC1CCCC1. The van der Waals surface area contributed by atoms with Crippen molar-refractivity contribution in [3.8, 4) is 0 Å². The molecule has 0 spiro atoms. The minimum absolute atomic E-state index is 0.228. The van der Waals surface area contributed by atoms with Crippen molar-refractivity contribution < 1.29 is 4.79 Å². The standard InChI is InChI=1S/C11H18N4OS/c12-9-8(10(13)16)11(17-15-9)14-6-5-7-3-1-2-4-7/h7,14H,1-6H2,(H2,12,15)(H2,13,16). The van der Waals surface area contributed by atoms with Crippen molar-refractivity contribution >= 4 is 28.3 Å². The average molecular weight is 254 g/mol. The maximum Gasteiger partial charge on any atom is 0.255 e. The summed E-state index contributed by atoms with van der Waals surface area (Å²) in [7, 11) is 0. The Balaban J connectivity index is 1.88. The summed E-state index contributed by atoms with van der Waals surface area (Å²) in [5.41, 5.74) is 11.2. The van der Waals surface area contributed by atoms with E-state index in [1.165, 1.54) is 37.2 Å². The third-order valence-corrected chi connectivity index (χ3v) is 4.10. The first-order valence-corrected chi connectivity index (χ1v) is 6.74. The zero-order valence-electron chi connectivity index (χ0n) is 9.74. The minimum Gasteiger partial charge on any atom is -0.382 e. The molecule has 0 radical (unpaired) electrons. The molecule has 1 heterocycles. The Kier molecular flexibility index (Phi) is 3.83. The number of nitrogens with zero attached hydrogens (tertiary/aromatic N) is 1. The van der Waals surface area contributed by atoms with Gasteiger partial charge in [-0.15, -0.1) is 0 Å². The summed E-state index contributed by atoms with van der Waals surface area (Å²) >= 11 is 1.20. The van der Waals surface area contributed by atoms with Gasteiger partial charge < -0.3 is 16.8 Å². The van der Waals surface area contributed by atoms with Crippen LogP contribution in [0.25, 0.3) is 0 Å². The number of carbonyl (C=O) groups excluding carboxylic acids is 1. The lowest BCUT2D eigenvalue weighted by atomic mass is 10.0. The van der Waals surface area contributed by atoms with Crippen LogP contribution < -0.4 is 16.8 Å². The molecule has 5 nitrogen and oxygen atoms in total. The van der Waals surface area contributed by atoms with E-state index in [4.69, 9.17) is 11.5 Å². The van der Waals surface area contributed by atoms with Crippen LogP contribution in [-0.4, -0.2) is 16.8 Å². The molecule has 1 aliphatic carbocycles. The average Bonchev–Trinajstić information content (AvgIpc) is 2.88. The van der Waals surface area contributed by atoms with Gasteiger partial charge in [0, 0.05) is 6.54 Å². The molecule has 0 unspecified atom stereocenters. The topological polar surface area (TPSA) is 94.0 Å². The highest BCUT2D eigenvalue weighted by Gasteiger charge is 2.18. The molecule has 0 atom stereocenters. The van der Waals surface area contributed by atoms with Crippen molar-refractivity contribution in [2.75, 3.05) is 17.6 Å². The van der Waals surface area contributed by atoms with Gasteiger partial charge in [0.2, 0.25) is 0 Å². The first-order valence-electron chi connectivity index (χ1n) is 5.97. The quantitative estimate of drug-likeness (QED) is 0.747. The lowest BCUT2D eigenvalue weighted by molar-refractivity contribution is 0.100. The van der Waals surface area contributed by atoms with Gasteiger partial charge >= 0.3 is 0 Å². The van der Waals surface area contributed by atoms with Crippen LogP contribution in [0, 0.1) is 5.92 Å². The number of hydrogen-bond donors (Lipinski definition) is 3. The highest BCUT2D eigenvalue weighted by atomic mass is 32.1. The van der Waals surface area contributed by atoms with Crippen molar-refractivity contribution in [2.24, 2.45) is 11.7 Å². The lowest BCUT2D eigenvalue weighted by Gasteiger charge is -2.09. The molecule has 0 saturated heterocycles. The number of nitrogens with one attached hydrogen (secondary N) is 1. The maximum atomic E-state index is 11.2. The number of hydrogen-bond acceptors (Lipinski definition) is 5. The largest absolute Gasteiger partial charge is 0.382 e. The molecule has 1 amide bonds. The smallest absolute Gasteiger partial charge is 0.255 e. The first-order chi connectivity index (χ1) is 8.18. The van der Waals surface area contributed by atoms with Crippen molar-refractivity contribution in [3.05, 3.63) is 5.56 Å². The fourth-order valence-electron chi connectivity index (χ4n) is 2.35. The van der Waals surface area contributed by atoms with Crippen molar-refractivity contribution in [1.82, 2.24) is 4.37 Å². The molecular weight excluding hydrogens is 236 g/mol. The van der Waals surface area contributed by atoms with Crippen LogP contribution in [0.1, 0.15) is 42.5 Å². The summed E-state index contributed by atoms with van der Waals surface area (Å²) < 4.78 is 3.94. The van der Waals surface area contributed by atoms with E-state index in [1.54, 1.807) is 0 Å². The first kappa shape index (κ1) is 12.2. The monoisotopic (exact) mass is 254 g/mol. The minimum atomic E-state index is -0.514. The molecule has 1 fully saturated rings. The lowest BCUT2D eigenvalue weighted by Crippen LogP contribution is -2.15. The van der Waals surface area contributed by atoms with Crippen LogP contribution in [0.5, 0.6) is 0 Å². The Morgan fingerprint density at radius 2 is 2.18 bits per heavy atom. The fraction of sp³-hybridized carbons (Fsp3) is 0.636. The second kappa shape index (κ2) is 5.35. The summed E-state index contributed by atoms with van der Waals surface area (Å²) in [5.74, 6) is 0.537. The Labute approximate surface area is 105 Å². The van der Waals surface area contributed by atoms with Gasteiger partial charge in [0.05, 0.1) is 0 Å². The number of nitrogens with two attached hydrogens (primary N) is 2. The molecule has 1 aromatic heterocycles. The number of primary amides is 1. The Morgan fingerprint density at radius 1 is 1.47 bits per heavy atom. The van der Waals surface area contributed by atoms with E-state index in [0.29, 0.717) is 10.6 Å². The van der Waals surface area contributed by atoms with Crippen molar-refractivity contribution in [2.45, 2.75) is 32.1 Å². The highest BCUT2D eigenvalue weighted by molar-refractivity contribution is 7.11. The van der Waals surface area contributed by atoms with Crippen molar-refractivity contribution in [3.63, 3.8) is 0 Å². The van der Waals surface area contributed by atoms with Gasteiger partial charge in [-0.2, -0.15) is 4.37 Å². The van der Waals surface area contributed by atoms with E-state index < -0.39 is 5.91 Å². The molecule has 6 heteroatoms. The van der Waals surface area contributed by atoms with Crippen LogP contribution in [0.15, 0.2) is 0 Å². The van der Waals surface area contributed by atoms with Gasteiger partial charge in [-0.25, -0.2) is 0 Å². The van der Waals surface area contributed by atoms with E-state index in [-0.39, 0.29) is 5.82 Å². The molecule has 17 heavy (non-hydrogen) atoms. The van der Waals surface area contributed by atoms with Crippen LogP contribution in [0.3, 0.4) is 0 Å². The Morgan fingerprint density at radius 3 is 2.82 bits per heavy atom. The number of nitrogen functional groups attached to an aromatic ring is 1. The maximum absolute atomic E-state index is 11.2. The van der Waals surface area contributed by atoms with Gasteiger partial charge in [0.25, 0.3) is 5.91 Å². The second-order valence-electron chi connectivity index (χ2n) is 4.50. The summed E-state index contributed by atoms with van der Waals surface area (Å²) in [6.07, 6.45) is 6.50. The molecule has 0 bridgehead atoms. The number of rotatable bonds is 5. The van der Waals surface area contributed by atoms with Gasteiger partial charge in [-0.3, -0.25) is 4.79 Å². The van der Waals surface area contributed by atoms with E-state index in [9.17, 15) is 4.79 Å². The Bertz CT molecular complexity index is 398. The summed E-state index contributed by atoms with van der Waals surface area (Å²) in [5, 5.41) is 3.92. The normalized spacial score (nSPS) is 16.2. The molecule has 1 aromatic rings. The highest BCUT2D eigenvalue weighted by Crippen LogP contribution is 2.29. The van der Waals surface area contributed by atoms with E-state index in [0.717, 1.165) is 18.9 Å². The second-order valence-corrected chi connectivity index (χ2v) is 5.28. The molecule has 5 N–H and O–H groups in total. The van der Waals surface area contributed by atoms with E-state index in [2.05, 4.69) is 9.69 Å². The number of amides is 1. The molecule has 1 saturated carbocycles. The van der Waals surface area contributed by atoms with Gasteiger partial charge in [0.1, 0.15) is 10.6 Å². The van der Waals surface area contributed by atoms with Crippen molar-refractivity contribution in [1.29, 1.82) is 0 Å².